The molecule has 1 aliphatic rings. The van der Waals surface area contributed by atoms with Gasteiger partial charge in [-0.3, -0.25) is 9.59 Å². The van der Waals surface area contributed by atoms with Crippen LogP contribution in [0.3, 0.4) is 0 Å². The maximum absolute atomic E-state index is 13.2. The molecule has 30 heavy (non-hydrogen) atoms. The van der Waals surface area contributed by atoms with Crippen molar-refractivity contribution in [1.82, 2.24) is 4.31 Å². The lowest BCUT2D eigenvalue weighted by molar-refractivity contribution is -0.139. The molecule has 2 heterocycles. The Hall–Kier alpha value is -2.44. The molecule has 162 valence electrons. The number of nitrogens with two attached hydrogens (primary N) is 1. The predicted octanol–water partition coefficient (Wildman–Crippen LogP) is 2.91. The molecular weight excluding hydrogens is 443 g/mol. The number of benzene rings is 1. The quantitative estimate of drug-likeness (QED) is 0.714. The first-order valence-electron chi connectivity index (χ1n) is 8.86. The van der Waals surface area contributed by atoms with Crippen LogP contribution in [0.15, 0.2) is 40.6 Å². The monoisotopic (exact) mass is 461 g/mol. The SMILES string of the molecule is NC(=O)c1ccsc1NC(=O)C1CCN(S(=O)(=O)c2ccccc2C(F)(F)F)CC1. The lowest BCUT2D eigenvalue weighted by Gasteiger charge is -2.31. The molecule has 0 spiro atoms. The van der Waals surface area contributed by atoms with Gasteiger partial charge < -0.3 is 11.1 Å². The van der Waals surface area contributed by atoms with E-state index in [1.54, 1.807) is 5.38 Å². The fourth-order valence-corrected chi connectivity index (χ4v) is 5.71. The first-order chi connectivity index (χ1) is 14.0. The number of anilines is 1. The number of thiophene rings is 1. The molecule has 3 N–H and O–H groups in total. The molecule has 7 nitrogen and oxygen atoms in total. The van der Waals surface area contributed by atoms with Crippen molar-refractivity contribution in [3.63, 3.8) is 0 Å². The average Bonchev–Trinajstić information content (AvgIpc) is 3.16. The van der Waals surface area contributed by atoms with Crippen LogP contribution in [-0.2, 0) is 21.0 Å². The van der Waals surface area contributed by atoms with Gasteiger partial charge in [0.1, 0.15) is 5.00 Å². The number of carbonyl (C=O) groups excluding carboxylic acids is 2. The Balaban J connectivity index is 1.70. The van der Waals surface area contributed by atoms with Crippen molar-refractivity contribution in [2.45, 2.75) is 23.9 Å². The summed E-state index contributed by atoms with van der Waals surface area (Å²) in [4.78, 5) is 23.0. The summed E-state index contributed by atoms with van der Waals surface area (Å²) in [6.07, 6.45) is -4.53. The number of piperidine rings is 1. The molecule has 2 aromatic rings. The Bertz CT molecular complexity index is 1060. The number of carbonyl (C=O) groups is 2. The van der Waals surface area contributed by atoms with Crippen molar-refractivity contribution >= 4 is 38.2 Å². The van der Waals surface area contributed by atoms with E-state index < -0.39 is 44.4 Å². The maximum atomic E-state index is 13.2. The van der Waals surface area contributed by atoms with Gasteiger partial charge in [-0.15, -0.1) is 11.3 Å². The van der Waals surface area contributed by atoms with Gasteiger partial charge in [0.25, 0.3) is 5.91 Å². The summed E-state index contributed by atoms with van der Waals surface area (Å²) in [6, 6.07) is 5.50. The molecule has 2 amide bonds. The molecule has 0 aliphatic carbocycles. The van der Waals surface area contributed by atoms with E-state index in [-0.39, 0.29) is 31.5 Å². The molecule has 1 saturated heterocycles. The molecule has 0 unspecified atom stereocenters. The zero-order valence-corrected chi connectivity index (χ0v) is 17.1. The molecule has 12 heteroatoms. The highest BCUT2D eigenvalue weighted by atomic mass is 32.2. The van der Waals surface area contributed by atoms with Crippen LogP contribution in [-0.4, -0.2) is 37.6 Å². The molecular formula is C18H18F3N3O4S2. The Morgan fingerprint density at radius 1 is 1.13 bits per heavy atom. The van der Waals surface area contributed by atoms with Crippen molar-refractivity contribution in [1.29, 1.82) is 0 Å². The summed E-state index contributed by atoms with van der Waals surface area (Å²) in [5.74, 6) is -1.62. The first-order valence-corrected chi connectivity index (χ1v) is 11.2. The van der Waals surface area contributed by atoms with Gasteiger partial charge in [-0.25, -0.2) is 8.42 Å². The number of rotatable bonds is 5. The number of nitrogens with zero attached hydrogens (tertiary/aromatic N) is 1. The van der Waals surface area contributed by atoms with Crippen LogP contribution in [0, 0.1) is 5.92 Å². The summed E-state index contributed by atoms with van der Waals surface area (Å²) in [7, 11) is -4.37. The molecule has 1 aromatic carbocycles. The van der Waals surface area contributed by atoms with Crippen molar-refractivity contribution < 1.29 is 31.2 Å². The van der Waals surface area contributed by atoms with Gasteiger partial charge in [0.05, 0.1) is 16.0 Å². The Morgan fingerprint density at radius 2 is 1.77 bits per heavy atom. The molecule has 0 radical (unpaired) electrons. The van der Waals surface area contributed by atoms with E-state index in [0.717, 1.165) is 33.8 Å². The lowest BCUT2D eigenvalue weighted by atomic mass is 9.97. The van der Waals surface area contributed by atoms with Gasteiger partial charge >= 0.3 is 6.18 Å². The molecule has 0 saturated carbocycles. The fourth-order valence-electron chi connectivity index (χ4n) is 3.24. The van der Waals surface area contributed by atoms with Gasteiger partial charge in [-0.05, 0) is 36.4 Å². The molecule has 1 aliphatic heterocycles. The third-order valence-electron chi connectivity index (χ3n) is 4.80. The van der Waals surface area contributed by atoms with E-state index in [0.29, 0.717) is 5.00 Å². The third-order valence-corrected chi connectivity index (χ3v) is 7.59. The second-order valence-corrected chi connectivity index (χ2v) is 9.51. The Kier molecular flexibility index (Phi) is 6.20. The topological polar surface area (TPSA) is 110 Å². The molecule has 3 rings (SSSR count). The maximum Gasteiger partial charge on any atom is 0.417 e. The Morgan fingerprint density at radius 3 is 2.37 bits per heavy atom. The number of halogens is 3. The second kappa shape index (κ2) is 8.36. The number of hydrogen-bond acceptors (Lipinski definition) is 5. The average molecular weight is 461 g/mol. The molecule has 0 bridgehead atoms. The highest BCUT2D eigenvalue weighted by Gasteiger charge is 2.40. The van der Waals surface area contributed by atoms with Gasteiger partial charge in [-0.1, -0.05) is 12.1 Å². The van der Waals surface area contributed by atoms with E-state index in [1.807, 2.05) is 0 Å². The van der Waals surface area contributed by atoms with Crippen LogP contribution in [0.4, 0.5) is 18.2 Å². The number of primary amides is 1. The third kappa shape index (κ3) is 4.50. The van der Waals surface area contributed by atoms with Gasteiger partial charge in [0, 0.05) is 19.0 Å². The summed E-state index contributed by atoms with van der Waals surface area (Å²) >= 11 is 1.13. The van der Waals surface area contributed by atoms with Crippen molar-refractivity contribution in [2.75, 3.05) is 18.4 Å². The van der Waals surface area contributed by atoms with Gasteiger partial charge in [-0.2, -0.15) is 17.5 Å². The lowest BCUT2D eigenvalue weighted by Crippen LogP contribution is -2.42. The van der Waals surface area contributed by atoms with E-state index >= 15 is 0 Å². The minimum absolute atomic E-state index is 0.0975. The predicted molar refractivity (Wildman–Crippen MR) is 104 cm³/mol. The smallest absolute Gasteiger partial charge is 0.366 e. The number of nitrogens with one attached hydrogen (secondary N) is 1. The number of sulfonamides is 1. The van der Waals surface area contributed by atoms with Gasteiger partial charge in [0.15, 0.2) is 0 Å². The summed E-state index contributed by atoms with van der Waals surface area (Å²) in [6.45, 7) is -0.195. The highest BCUT2D eigenvalue weighted by Crippen LogP contribution is 2.36. The van der Waals surface area contributed by atoms with E-state index in [1.165, 1.54) is 12.1 Å². The summed E-state index contributed by atoms with van der Waals surface area (Å²) < 4.78 is 66.2. The second-order valence-electron chi connectivity index (χ2n) is 6.69. The van der Waals surface area contributed by atoms with Gasteiger partial charge in [0.2, 0.25) is 15.9 Å². The highest BCUT2D eigenvalue weighted by molar-refractivity contribution is 7.89. The largest absolute Gasteiger partial charge is 0.417 e. The molecule has 1 aromatic heterocycles. The van der Waals surface area contributed by atoms with Crippen LogP contribution in [0.2, 0.25) is 0 Å². The zero-order chi connectivity index (χ0) is 22.1. The fraction of sp³-hybridized carbons (Fsp3) is 0.333. The van der Waals surface area contributed by atoms with E-state index in [9.17, 15) is 31.2 Å². The van der Waals surface area contributed by atoms with Crippen LogP contribution in [0.25, 0.3) is 0 Å². The van der Waals surface area contributed by atoms with Crippen LogP contribution < -0.4 is 11.1 Å². The first kappa shape index (κ1) is 22.2. The van der Waals surface area contributed by atoms with Crippen LogP contribution in [0.5, 0.6) is 0 Å². The summed E-state index contributed by atoms with van der Waals surface area (Å²) in [5.41, 5.74) is 4.20. The normalized spacial score (nSPS) is 16.4. The standard InChI is InChI=1S/C18H18F3N3O4S2/c19-18(20,21)13-3-1-2-4-14(13)30(27,28)24-8-5-11(6-9-24)16(26)23-17-12(15(22)25)7-10-29-17/h1-4,7,10-11H,5-6,8-9H2,(H2,22,25)(H,23,26). The number of hydrogen-bond donors (Lipinski definition) is 2. The number of amides is 2. The van der Waals surface area contributed by atoms with Crippen LogP contribution in [0.1, 0.15) is 28.8 Å². The Labute approximate surface area is 174 Å². The van der Waals surface area contributed by atoms with Crippen molar-refractivity contribution in [2.24, 2.45) is 11.7 Å². The zero-order valence-electron chi connectivity index (χ0n) is 15.5. The van der Waals surface area contributed by atoms with Crippen molar-refractivity contribution in [3.8, 4) is 0 Å². The van der Waals surface area contributed by atoms with E-state index in [2.05, 4.69) is 5.32 Å². The van der Waals surface area contributed by atoms with Crippen molar-refractivity contribution in [3.05, 3.63) is 46.8 Å². The summed E-state index contributed by atoms with van der Waals surface area (Å²) in [5, 5.41) is 4.53. The molecule has 1 fully saturated rings. The van der Waals surface area contributed by atoms with E-state index in [4.69, 9.17) is 5.73 Å². The minimum atomic E-state index is -4.80. The number of alkyl halides is 3. The molecule has 0 atom stereocenters. The minimum Gasteiger partial charge on any atom is -0.366 e. The van der Waals surface area contributed by atoms with Crippen LogP contribution >= 0.6 is 11.3 Å².